The maximum Gasteiger partial charge on any atom is 0.223 e. The average Bonchev–Trinajstić information content (AvgIpc) is 2.55. The zero-order valence-electron chi connectivity index (χ0n) is 14.0. The molecular formula is C17H26N4O2. The second-order valence-electron chi connectivity index (χ2n) is 6.57. The van der Waals surface area contributed by atoms with Crippen LogP contribution in [0.1, 0.15) is 37.2 Å². The molecule has 3 rings (SSSR count). The summed E-state index contributed by atoms with van der Waals surface area (Å²) in [5, 5.41) is 3.20. The van der Waals surface area contributed by atoms with E-state index in [9.17, 15) is 4.79 Å². The van der Waals surface area contributed by atoms with Crippen LogP contribution in [0.3, 0.4) is 0 Å². The summed E-state index contributed by atoms with van der Waals surface area (Å²) < 4.78 is 5.34. The van der Waals surface area contributed by atoms with Gasteiger partial charge in [0.25, 0.3) is 0 Å². The van der Waals surface area contributed by atoms with Crippen LogP contribution in [0.2, 0.25) is 0 Å². The molecule has 3 heterocycles. The molecule has 0 spiro atoms. The topological polar surface area (TPSA) is 67.4 Å². The Morgan fingerprint density at radius 1 is 1.17 bits per heavy atom. The van der Waals surface area contributed by atoms with E-state index in [1.54, 1.807) is 0 Å². The molecule has 0 saturated carbocycles. The molecule has 1 aromatic heterocycles. The molecule has 1 N–H and O–H groups in total. The Kier molecular flexibility index (Phi) is 5.10. The molecule has 2 aliphatic rings. The Bertz CT molecular complexity index is 529. The van der Waals surface area contributed by atoms with Crippen molar-refractivity contribution in [1.29, 1.82) is 0 Å². The van der Waals surface area contributed by atoms with Crippen molar-refractivity contribution in [2.24, 2.45) is 5.92 Å². The highest BCUT2D eigenvalue weighted by Gasteiger charge is 2.27. The Balaban J connectivity index is 1.52. The number of aryl methyl sites for hydroxylation is 2. The van der Waals surface area contributed by atoms with E-state index in [0.717, 1.165) is 69.3 Å². The number of hydrogen-bond acceptors (Lipinski definition) is 5. The van der Waals surface area contributed by atoms with Gasteiger partial charge in [0, 0.05) is 50.0 Å². The third-order valence-corrected chi connectivity index (χ3v) is 4.71. The van der Waals surface area contributed by atoms with Gasteiger partial charge in [-0.2, -0.15) is 0 Å². The van der Waals surface area contributed by atoms with E-state index in [0.29, 0.717) is 6.04 Å². The first-order chi connectivity index (χ1) is 11.1. The molecule has 6 nitrogen and oxygen atoms in total. The van der Waals surface area contributed by atoms with Crippen molar-refractivity contribution < 1.29 is 9.53 Å². The fourth-order valence-corrected chi connectivity index (χ4v) is 3.39. The van der Waals surface area contributed by atoms with Crippen LogP contribution in [-0.4, -0.2) is 48.2 Å². The molecule has 23 heavy (non-hydrogen) atoms. The fraction of sp³-hybridized carbons (Fsp3) is 0.706. The monoisotopic (exact) mass is 318 g/mol. The smallest absolute Gasteiger partial charge is 0.223 e. The summed E-state index contributed by atoms with van der Waals surface area (Å²) in [6, 6.07) is 2.32. The van der Waals surface area contributed by atoms with Gasteiger partial charge in [-0.1, -0.05) is 0 Å². The van der Waals surface area contributed by atoms with Gasteiger partial charge in [-0.15, -0.1) is 0 Å². The summed E-state index contributed by atoms with van der Waals surface area (Å²) in [6.07, 6.45) is 3.64. The third kappa shape index (κ3) is 4.19. The minimum Gasteiger partial charge on any atom is -0.381 e. The van der Waals surface area contributed by atoms with Crippen LogP contribution in [0.5, 0.6) is 0 Å². The van der Waals surface area contributed by atoms with Crippen LogP contribution in [0.4, 0.5) is 5.82 Å². The van der Waals surface area contributed by atoms with Crippen molar-refractivity contribution in [1.82, 2.24) is 15.3 Å². The van der Waals surface area contributed by atoms with Gasteiger partial charge in [0.05, 0.1) is 0 Å². The first-order valence-electron chi connectivity index (χ1n) is 8.57. The molecule has 2 aliphatic heterocycles. The summed E-state index contributed by atoms with van der Waals surface area (Å²) in [4.78, 5) is 23.5. The standard InChI is InChI=1S/C17H26N4O2/c1-12-11-16(19-13(2)18-12)21-7-3-14(4-8-21)17(22)20-15-5-9-23-10-6-15/h11,14-15H,3-10H2,1-2H3,(H,20,22). The number of hydrogen-bond donors (Lipinski definition) is 1. The van der Waals surface area contributed by atoms with Gasteiger partial charge in [-0.3, -0.25) is 4.79 Å². The van der Waals surface area contributed by atoms with E-state index in [1.807, 2.05) is 19.9 Å². The second kappa shape index (κ2) is 7.25. The maximum atomic E-state index is 12.4. The number of ether oxygens (including phenoxy) is 1. The molecule has 0 unspecified atom stereocenters. The summed E-state index contributed by atoms with van der Waals surface area (Å²) in [5.41, 5.74) is 0.992. The van der Waals surface area contributed by atoms with Gasteiger partial charge in [-0.05, 0) is 39.5 Å². The minimum atomic E-state index is 0.123. The van der Waals surface area contributed by atoms with Crippen LogP contribution in [0.25, 0.3) is 0 Å². The largest absolute Gasteiger partial charge is 0.381 e. The highest BCUT2D eigenvalue weighted by atomic mass is 16.5. The van der Waals surface area contributed by atoms with Gasteiger partial charge >= 0.3 is 0 Å². The molecule has 0 aliphatic carbocycles. The number of amides is 1. The predicted octanol–water partition coefficient (Wildman–Crippen LogP) is 1.61. The number of carbonyl (C=O) groups excluding carboxylic acids is 1. The SMILES string of the molecule is Cc1cc(N2CCC(C(=O)NC3CCOCC3)CC2)nc(C)n1. The van der Waals surface area contributed by atoms with Crippen LogP contribution in [0, 0.1) is 19.8 Å². The van der Waals surface area contributed by atoms with Gasteiger partial charge in [0.2, 0.25) is 5.91 Å². The molecular weight excluding hydrogens is 292 g/mol. The molecule has 0 atom stereocenters. The number of aromatic nitrogens is 2. The quantitative estimate of drug-likeness (QED) is 0.917. The van der Waals surface area contributed by atoms with Crippen molar-refractivity contribution in [2.75, 3.05) is 31.2 Å². The normalized spacial score (nSPS) is 20.5. The van der Waals surface area contributed by atoms with Gasteiger partial charge in [0.1, 0.15) is 11.6 Å². The van der Waals surface area contributed by atoms with Gasteiger partial charge < -0.3 is 15.0 Å². The molecule has 0 aromatic carbocycles. The molecule has 2 saturated heterocycles. The third-order valence-electron chi connectivity index (χ3n) is 4.71. The molecule has 126 valence electrons. The Morgan fingerprint density at radius 2 is 1.87 bits per heavy atom. The molecule has 0 radical (unpaired) electrons. The number of rotatable bonds is 3. The first kappa shape index (κ1) is 16.2. The molecule has 6 heteroatoms. The second-order valence-corrected chi connectivity index (χ2v) is 6.57. The molecule has 1 amide bonds. The summed E-state index contributed by atoms with van der Waals surface area (Å²) in [5.74, 6) is 2.13. The van der Waals surface area contributed by atoms with Crippen LogP contribution in [0.15, 0.2) is 6.07 Å². The lowest BCUT2D eigenvalue weighted by Gasteiger charge is -2.33. The van der Waals surface area contributed by atoms with Crippen LogP contribution < -0.4 is 10.2 Å². The van der Waals surface area contributed by atoms with Crippen molar-refractivity contribution in [2.45, 2.75) is 45.6 Å². The summed E-state index contributed by atoms with van der Waals surface area (Å²) in [7, 11) is 0. The van der Waals surface area contributed by atoms with E-state index in [1.165, 1.54) is 0 Å². The molecule has 0 bridgehead atoms. The highest BCUT2D eigenvalue weighted by Crippen LogP contribution is 2.23. The van der Waals surface area contributed by atoms with Gasteiger partial charge in [-0.25, -0.2) is 9.97 Å². The lowest BCUT2D eigenvalue weighted by atomic mass is 9.95. The maximum absolute atomic E-state index is 12.4. The van der Waals surface area contributed by atoms with E-state index in [4.69, 9.17) is 4.74 Å². The number of nitrogens with one attached hydrogen (secondary N) is 1. The highest BCUT2D eigenvalue weighted by molar-refractivity contribution is 5.79. The number of nitrogens with zero attached hydrogens (tertiary/aromatic N) is 3. The van der Waals surface area contributed by atoms with Crippen LogP contribution >= 0.6 is 0 Å². The van der Waals surface area contributed by atoms with Gasteiger partial charge in [0.15, 0.2) is 0 Å². The number of piperidine rings is 1. The minimum absolute atomic E-state index is 0.123. The Labute approximate surface area is 137 Å². The lowest BCUT2D eigenvalue weighted by Crippen LogP contribution is -2.45. The average molecular weight is 318 g/mol. The zero-order valence-corrected chi connectivity index (χ0v) is 14.0. The fourth-order valence-electron chi connectivity index (χ4n) is 3.39. The van der Waals surface area contributed by atoms with Crippen molar-refractivity contribution >= 4 is 11.7 Å². The van der Waals surface area contributed by atoms with E-state index in [-0.39, 0.29) is 11.8 Å². The number of carbonyl (C=O) groups is 1. The Hall–Kier alpha value is -1.69. The van der Waals surface area contributed by atoms with Crippen molar-refractivity contribution in [3.63, 3.8) is 0 Å². The summed E-state index contributed by atoms with van der Waals surface area (Å²) in [6.45, 7) is 7.19. The summed E-state index contributed by atoms with van der Waals surface area (Å²) >= 11 is 0. The molecule has 2 fully saturated rings. The van der Waals surface area contributed by atoms with E-state index >= 15 is 0 Å². The Morgan fingerprint density at radius 3 is 2.52 bits per heavy atom. The van der Waals surface area contributed by atoms with E-state index in [2.05, 4.69) is 20.2 Å². The lowest BCUT2D eigenvalue weighted by molar-refractivity contribution is -0.126. The molecule has 1 aromatic rings. The van der Waals surface area contributed by atoms with Crippen molar-refractivity contribution in [3.05, 3.63) is 17.6 Å². The van der Waals surface area contributed by atoms with E-state index < -0.39 is 0 Å². The number of anilines is 1. The predicted molar refractivity (Wildman–Crippen MR) is 88.4 cm³/mol. The van der Waals surface area contributed by atoms with Crippen LogP contribution in [-0.2, 0) is 9.53 Å². The van der Waals surface area contributed by atoms with Crippen molar-refractivity contribution in [3.8, 4) is 0 Å². The zero-order chi connectivity index (χ0) is 16.2. The first-order valence-corrected chi connectivity index (χ1v) is 8.57.